The molecule has 0 unspecified atom stereocenters. The minimum absolute atomic E-state index is 0.0683. The SMILES string of the molecule is COc1ccc(CN2CCN(C(=O)c3cccc(NC(=O)OC(C)(C)C)c3)CC2)c(OC)c1OC. The summed E-state index contributed by atoms with van der Waals surface area (Å²) in [6.07, 6.45) is -0.554. The van der Waals surface area contributed by atoms with Gasteiger partial charge >= 0.3 is 6.09 Å². The topological polar surface area (TPSA) is 89.6 Å². The molecule has 0 bridgehead atoms. The molecule has 0 atom stereocenters. The molecule has 1 saturated heterocycles. The number of rotatable bonds is 7. The number of nitrogens with zero attached hydrogens (tertiary/aromatic N) is 2. The highest BCUT2D eigenvalue weighted by molar-refractivity contribution is 5.96. The minimum Gasteiger partial charge on any atom is -0.493 e. The zero-order chi connectivity index (χ0) is 25.6. The van der Waals surface area contributed by atoms with Gasteiger partial charge in [0, 0.05) is 49.5 Å². The van der Waals surface area contributed by atoms with Crippen LogP contribution in [0.15, 0.2) is 36.4 Å². The van der Waals surface area contributed by atoms with Crippen LogP contribution in [0.1, 0.15) is 36.7 Å². The molecule has 2 amide bonds. The molecule has 0 spiro atoms. The number of hydrogen-bond donors (Lipinski definition) is 1. The van der Waals surface area contributed by atoms with Crippen molar-refractivity contribution in [2.75, 3.05) is 52.8 Å². The molecular formula is C26H35N3O6. The molecule has 0 aromatic heterocycles. The summed E-state index contributed by atoms with van der Waals surface area (Å²) in [5.74, 6) is 1.77. The van der Waals surface area contributed by atoms with Crippen molar-refractivity contribution in [2.45, 2.75) is 32.9 Å². The van der Waals surface area contributed by atoms with Crippen LogP contribution in [0.25, 0.3) is 0 Å². The molecule has 1 N–H and O–H groups in total. The summed E-state index contributed by atoms with van der Waals surface area (Å²) in [6.45, 7) is 8.70. The maximum absolute atomic E-state index is 13.1. The first kappa shape index (κ1) is 26.2. The van der Waals surface area contributed by atoms with Crippen LogP contribution in [0.2, 0.25) is 0 Å². The van der Waals surface area contributed by atoms with Crippen LogP contribution in [-0.2, 0) is 11.3 Å². The van der Waals surface area contributed by atoms with E-state index in [1.54, 1.807) is 66.4 Å². The molecule has 1 heterocycles. The molecule has 35 heavy (non-hydrogen) atoms. The summed E-state index contributed by atoms with van der Waals surface area (Å²) < 4.78 is 21.7. The van der Waals surface area contributed by atoms with E-state index in [0.29, 0.717) is 48.1 Å². The van der Waals surface area contributed by atoms with Gasteiger partial charge in [-0.05, 0) is 45.0 Å². The number of hydrogen-bond acceptors (Lipinski definition) is 7. The lowest BCUT2D eigenvalue weighted by Crippen LogP contribution is -2.48. The molecule has 9 heteroatoms. The van der Waals surface area contributed by atoms with Gasteiger partial charge in [-0.15, -0.1) is 0 Å². The van der Waals surface area contributed by atoms with Crippen molar-refractivity contribution in [1.29, 1.82) is 0 Å². The van der Waals surface area contributed by atoms with Gasteiger partial charge in [-0.25, -0.2) is 4.79 Å². The van der Waals surface area contributed by atoms with Gasteiger partial charge in [-0.2, -0.15) is 0 Å². The Labute approximate surface area is 206 Å². The molecular weight excluding hydrogens is 450 g/mol. The Balaban J connectivity index is 1.61. The Morgan fingerprint density at radius 2 is 1.60 bits per heavy atom. The summed E-state index contributed by atoms with van der Waals surface area (Å²) in [4.78, 5) is 29.3. The molecule has 0 saturated carbocycles. The molecule has 2 aromatic rings. The summed E-state index contributed by atoms with van der Waals surface area (Å²) in [5.41, 5.74) is 1.43. The fraction of sp³-hybridized carbons (Fsp3) is 0.462. The molecule has 1 fully saturated rings. The Kier molecular flexibility index (Phi) is 8.45. The second-order valence-corrected chi connectivity index (χ2v) is 9.27. The first-order chi connectivity index (χ1) is 16.6. The largest absolute Gasteiger partial charge is 0.493 e. The van der Waals surface area contributed by atoms with Crippen LogP contribution in [0.5, 0.6) is 17.2 Å². The van der Waals surface area contributed by atoms with Gasteiger partial charge < -0.3 is 23.8 Å². The average Bonchev–Trinajstić information content (AvgIpc) is 2.82. The van der Waals surface area contributed by atoms with Crippen molar-refractivity contribution in [3.05, 3.63) is 47.5 Å². The Morgan fingerprint density at radius 3 is 2.20 bits per heavy atom. The molecule has 1 aliphatic heterocycles. The smallest absolute Gasteiger partial charge is 0.412 e. The van der Waals surface area contributed by atoms with Crippen molar-refractivity contribution in [1.82, 2.24) is 9.80 Å². The lowest BCUT2D eigenvalue weighted by molar-refractivity contribution is 0.0619. The summed E-state index contributed by atoms with van der Waals surface area (Å²) in [5, 5.41) is 2.69. The third kappa shape index (κ3) is 6.79. The van der Waals surface area contributed by atoms with Gasteiger partial charge in [-0.1, -0.05) is 12.1 Å². The van der Waals surface area contributed by atoms with Gasteiger partial charge in [0.1, 0.15) is 5.60 Å². The van der Waals surface area contributed by atoms with Gasteiger partial charge in [0.2, 0.25) is 5.75 Å². The number of ether oxygens (including phenoxy) is 4. The van der Waals surface area contributed by atoms with E-state index in [4.69, 9.17) is 18.9 Å². The number of nitrogens with one attached hydrogen (secondary N) is 1. The highest BCUT2D eigenvalue weighted by Gasteiger charge is 2.25. The fourth-order valence-electron chi connectivity index (χ4n) is 3.97. The van der Waals surface area contributed by atoms with E-state index in [2.05, 4.69) is 10.2 Å². The van der Waals surface area contributed by atoms with Crippen molar-refractivity contribution in [3.8, 4) is 17.2 Å². The minimum atomic E-state index is -0.599. The molecule has 190 valence electrons. The number of amides is 2. The highest BCUT2D eigenvalue weighted by Crippen LogP contribution is 2.40. The Hall–Kier alpha value is -3.46. The van der Waals surface area contributed by atoms with Crippen molar-refractivity contribution in [3.63, 3.8) is 0 Å². The normalized spacial score (nSPS) is 14.3. The third-order valence-corrected chi connectivity index (χ3v) is 5.59. The summed E-state index contributed by atoms with van der Waals surface area (Å²) in [7, 11) is 4.80. The number of carbonyl (C=O) groups is 2. The zero-order valence-corrected chi connectivity index (χ0v) is 21.3. The monoisotopic (exact) mass is 485 g/mol. The number of methoxy groups -OCH3 is 3. The van der Waals surface area contributed by atoms with E-state index in [1.165, 1.54) is 0 Å². The number of carbonyl (C=O) groups excluding carboxylic acids is 2. The lowest BCUT2D eigenvalue weighted by atomic mass is 10.1. The summed E-state index contributed by atoms with van der Waals surface area (Å²) in [6, 6.07) is 10.8. The second kappa shape index (κ2) is 11.3. The maximum atomic E-state index is 13.1. The van der Waals surface area contributed by atoms with Crippen molar-refractivity contribution >= 4 is 17.7 Å². The van der Waals surface area contributed by atoms with Crippen molar-refractivity contribution in [2.24, 2.45) is 0 Å². The second-order valence-electron chi connectivity index (χ2n) is 9.27. The van der Waals surface area contributed by atoms with Crippen LogP contribution >= 0.6 is 0 Å². The Morgan fingerprint density at radius 1 is 0.914 bits per heavy atom. The number of piperazine rings is 1. The molecule has 0 radical (unpaired) electrons. The third-order valence-electron chi connectivity index (χ3n) is 5.59. The van der Waals surface area contributed by atoms with Crippen LogP contribution in [0.4, 0.5) is 10.5 Å². The standard InChI is InChI=1S/C26H35N3O6/c1-26(2,3)35-25(31)27-20-9-7-8-18(16-20)24(30)29-14-12-28(13-15-29)17-19-10-11-21(32-4)23(34-6)22(19)33-5/h7-11,16H,12-15,17H2,1-6H3,(H,27,31). The van der Waals surface area contributed by atoms with Crippen LogP contribution in [0, 0.1) is 0 Å². The molecule has 9 nitrogen and oxygen atoms in total. The van der Waals surface area contributed by atoms with E-state index in [1.807, 2.05) is 17.0 Å². The van der Waals surface area contributed by atoms with Crippen LogP contribution < -0.4 is 19.5 Å². The number of benzene rings is 2. The van der Waals surface area contributed by atoms with Crippen LogP contribution in [0.3, 0.4) is 0 Å². The molecule has 2 aromatic carbocycles. The maximum Gasteiger partial charge on any atom is 0.412 e. The van der Waals surface area contributed by atoms with E-state index in [0.717, 1.165) is 18.7 Å². The number of anilines is 1. The van der Waals surface area contributed by atoms with E-state index < -0.39 is 11.7 Å². The quantitative estimate of drug-likeness (QED) is 0.634. The van der Waals surface area contributed by atoms with Crippen molar-refractivity contribution < 1.29 is 28.5 Å². The van der Waals surface area contributed by atoms with E-state index in [-0.39, 0.29) is 5.91 Å². The van der Waals surface area contributed by atoms with Gasteiger partial charge in [0.05, 0.1) is 21.3 Å². The van der Waals surface area contributed by atoms with Gasteiger partial charge in [-0.3, -0.25) is 15.0 Å². The van der Waals surface area contributed by atoms with E-state index in [9.17, 15) is 9.59 Å². The summed E-state index contributed by atoms with van der Waals surface area (Å²) >= 11 is 0. The Bertz CT molecular complexity index is 1040. The molecule has 3 rings (SSSR count). The zero-order valence-electron chi connectivity index (χ0n) is 21.3. The predicted molar refractivity (Wildman–Crippen MR) is 134 cm³/mol. The van der Waals surface area contributed by atoms with E-state index >= 15 is 0 Å². The first-order valence-corrected chi connectivity index (χ1v) is 11.5. The highest BCUT2D eigenvalue weighted by atomic mass is 16.6. The fourth-order valence-corrected chi connectivity index (χ4v) is 3.97. The molecule has 0 aliphatic carbocycles. The molecule has 1 aliphatic rings. The van der Waals surface area contributed by atoms with Gasteiger partial charge in [0.25, 0.3) is 5.91 Å². The first-order valence-electron chi connectivity index (χ1n) is 11.5. The van der Waals surface area contributed by atoms with Crippen LogP contribution in [-0.4, -0.2) is 74.9 Å². The predicted octanol–water partition coefficient (Wildman–Crippen LogP) is 4.02. The van der Waals surface area contributed by atoms with Gasteiger partial charge in [0.15, 0.2) is 11.5 Å². The lowest BCUT2D eigenvalue weighted by Gasteiger charge is -2.35. The average molecular weight is 486 g/mol.